The number of aromatic nitrogens is 1. The summed E-state index contributed by atoms with van der Waals surface area (Å²) in [6.07, 6.45) is 6.21. The Hall–Kier alpha value is -2.13. The second kappa shape index (κ2) is 7.83. The van der Waals surface area contributed by atoms with Gasteiger partial charge >= 0.3 is 0 Å². The van der Waals surface area contributed by atoms with Gasteiger partial charge in [0.25, 0.3) is 0 Å². The average Bonchev–Trinajstić information content (AvgIpc) is 3.29. The Morgan fingerprint density at radius 2 is 2.08 bits per heavy atom. The van der Waals surface area contributed by atoms with E-state index >= 15 is 0 Å². The lowest BCUT2D eigenvalue weighted by Crippen LogP contribution is -2.50. The largest absolute Gasteiger partial charge is 0.350 e. The molecule has 134 valence electrons. The number of rotatable bonds is 5. The predicted octanol–water partition coefficient (Wildman–Crippen LogP) is 1.86. The van der Waals surface area contributed by atoms with E-state index in [9.17, 15) is 4.79 Å². The fourth-order valence-corrected chi connectivity index (χ4v) is 4.24. The maximum atomic E-state index is 12.9. The zero-order valence-corrected chi connectivity index (χ0v) is 15.2. The molecule has 0 spiro atoms. The van der Waals surface area contributed by atoms with Crippen LogP contribution in [-0.4, -0.2) is 66.0 Å². The van der Waals surface area contributed by atoms with E-state index in [0.29, 0.717) is 24.2 Å². The molecule has 3 rings (SSSR count). The van der Waals surface area contributed by atoms with E-state index in [1.165, 1.54) is 12.8 Å². The third-order valence-electron chi connectivity index (χ3n) is 5.52. The highest BCUT2D eigenvalue weighted by Crippen LogP contribution is 2.30. The van der Waals surface area contributed by atoms with E-state index in [0.717, 1.165) is 38.3 Å². The summed E-state index contributed by atoms with van der Waals surface area (Å²) >= 11 is 0. The van der Waals surface area contributed by atoms with Gasteiger partial charge in [0.1, 0.15) is 11.9 Å². The minimum Gasteiger partial charge on any atom is -0.350 e. The number of nitrogens with zero attached hydrogens (tertiary/aromatic N) is 5. The molecule has 2 fully saturated rings. The van der Waals surface area contributed by atoms with Crippen LogP contribution in [0.5, 0.6) is 0 Å². The lowest BCUT2D eigenvalue weighted by Gasteiger charge is -2.35. The second-order valence-corrected chi connectivity index (χ2v) is 7.01. The number of nitriles is 1. The predicted molar refractivity (Wildman–Crippen MR) is 97.2 cm³/mol. The molecule has 2 aliphatic heterocycles. The molecule has 1 aromatic heterocycles. The summed E-state index contributed by atoms with van der Waals surface area (Å²) < 4.78 is 0. The third-order valence-corrected chi connectivity index (χ3v) is 5.52. The maximum absolute atomic E-state index is 12.9. The highest BCUT2D eigenvalue weighted by Gasteiger charge is 2.39. The van der Waals surface area contributed by atoms with Crippen molar-refractivity contribution in [2.24, 2.45) is 0 Å². The van der Waals surface area contributed by atoms with Gasteiger partial charge in [0.15, 0.2) is 0 Å². The van der Waals surface area contributed by atoms with E-state index in [-0.39, 0.29) is 5.91 Å². The van der Waals surface area contributed by atoms with Crippen molar-refractivity contribution in [3.05, 3.63) is 23.9 Å². The van der Waals surface area contributed by atoms with Gasteiger partial charge < -0.3 is 9.80 Å². The molecule has 0 aliphatic carbocycles. The molecular formula is C19H27N5O. The molecule has 1 amide bonds. The Bertz CT molecular complexity index is 638. The van der Waals surface area contributed by atoms with Crippen LogP contribution in [0.15, 0.2) is 18.3 Å². The molecule has 0 N–H and O–H groups in total. The quantitative estimate of drug-likeness (QED) is 0.818. The number of carbonyl (C=O) groups is 1. The smallest absolute Gasteiger partial charge is 0.242 e. The molecule has 2 atom stereocenters. The summed E-state index contributed by atoms with van der Waals surface area (Å²) in [7, 11) is 1.88. The van der Waals surface area contributed by atoms with E-state index in [2.05, 4.69) is 27.8 Å². The fourth-order valence-electron chi connectivity index (χ4n) is 4.24. The molecule has 0 saturated carbocycles. The molecule has 0 radical (unpaired) electrons. The standard InChI is InChI=1S/C19H27N5O/c1-3-23-10-4-6-16(23)17-7-5-11-24(17)19(25)14-22(2)18-9-8-15(12-20)13-21-18/h8-9,13,16-17H,3-7,10-11,14H2,1-2H3. The van der Waals surface area contributed by atoms with Gasteiger partial charge in [-0.15, -0.1) is 0 Å². The van der Waals surface area contributed by atoms with Crippen LogP contribution in [0.1, 0.15) is 38.2 Å². The molecule has 25 heavy (non-hydrogen) atoms. The topological polar surface area (TPSA) is 63.5 Å². The first-order valence-corrected chi connectivity index (χ1v) is 9.25. The van der Waals surface area contributed by atoms with Crippen molar-refractivity contribution in [3.8, 4) is 6.07 Å². The molecule has 0 aromatic carbocycles. The summed E-state index contributed by atoms with van der Waals surface area (Å²) in [4.78, 5) is 23.7. The van der Waals surface area contributed by atoms with Gasteiger partial charge in [0, 0.05) is 31.9 Å². The number of anilines is 1. The van der Waals surface area contributed by atoms with Crippen LogP contribution in [-0.2, 0) is 4.79 Å². The molecule has 2 saturated heterocycles. The minimum absolute atomic E-state index is 0.180. The van der Waals surface area contributed by atoms with Crippen molar-refractivity contribution in [3.63, 3.8) is 0 Å². The van der Waals surface area contributed by atoms with Gasteiger partial charge in [-0.1, -0.05) is 6.92 Å². The van der Waals surface area contributed by atoms with Crippen molar-refractivity contribution in [2.75, 3.05) is 38.1 Å². The zero-order valence-electron chi connectivity index (χ0n) is 15.2. The van der Waals surface area contributed by atoms with Crippen molar-refractivity contribution >= 4 is 11.7 Å². The second-order valence-electron chi connectivity index (χ2n) is 7.01. The molecule has 1 aromatic rings. The van der Waals surface area contributed by atoms with Gasteiger partial charge in [-0.05, 0) is 50.9 Å². The molecule has 2 aliphatic rings. The molecule has 6 heteroatoms. The van der Waals surface area contributed by atoms with Gasteiger partial charge in [-0.3, -0.25) is 9.69 Å². The molecule has 0 bridgehead atoms. The van der Waals surface area contributed by atoms with E-state index in [1.807, 2.05) is 11.9 Å². The molecule has 2 unspecified atom stereocenters. The van der Waals surface area contributed by atoms with Crippen LogP contribution in [0, 0.1) is 11.3 Å². The lowest BCUT2D eigenvalue weighted by molar-refractivity contribution is -0.131. The average molecular weight is 341 g/mol. The summed E-state index contributed by atoms with van der Waals surface area (Å²) in [5.74, 6) is 0.901. The fraction of sp³-hybridized carbons (Fsp3) is 0.632. The Labute approximate surface area is 150 Å². The van der Waals surface area contributed by atoms with Crippen LogP contribution >= 0.6 is 0 Å². The van der Waals surface area contributed by atoms with Crippen LogP contribution in [0.25, 0.3) is 0 Å². The first-order chi connectivity index (χ1) is 12.1. The van der Waals surface area contributed by atoms with Crippen molar-refractivity contribution in [1.29, 1.82) is 5.26 Å². The Morgan fingerprint density at radius 1 is 1.32 bits per heavy atom. The molecular weight excluding hydrogens is 314 g/mol. The van der Waals surface area contributed by atoms with E-state index < -0.39 is 0 Å². The Morgan fingerprint density at radius 3 is 2.76 bits per heavy atom. The summed E-state index contributed by atoms with van der Waals surface area (Å²) in [6, 6.07) is 6.48. The van der Waals surface area contributed by atoms with E-state index in [1.54, 1.807) is 18.3 Å². The normalized spacial score (nSPS) is 23.6. The SMILES string of the molecule is CCN1CCCC1C1CCCN1C(=O)CN(C)c1ccc(C#N)cn1. The lowest BCUT2D eigenvalue weighted by atomic mass is 10.0. The Balaban J connectivity index is 1.64. The van der Waals surface area contributed by atoms with Crippen molar-refractivity contribution in [2.45, 2.75) is 44.7 Å². The zero-order chi connectivity index (χ0) is 17.8. The van der Waals surface area contributed by atoms with Crippen LogP contribution in [0.4, 0.5) is 5.82 Å². The number of carbonyl (C=O) groups excluding carboxylic acids is 1. The van der Waals surface area contributed by atoms with Crippen molar-refractivity contribution < 1.29 is 4.79 Å². The van der Waals surface area contributed by atoms with E-state index in [4.69, 9.17) is 5.26 Å². The van der Waals surface area contributed by atoms with Crippen LogP contribution in [0.2, 0.25) is 0 Å². The van der Waals surface area contributed by atoms with Crippen LogP contribution < -0.4 is 4.90 Å². The first kappa shape index (κ1) is 17.7. The van der Waals surface area contributed by atoms with Crippen LogP contribution in [0.3, 0.4) is 0 Å². The third kappa shape index (κ3) is 3.77. The number of likely N-dealkylation sites (N-methyl/N-ethyl adjacent to an activating group) is 2. The Kier molecular flexibility index (Phi) is 5.54. The molecule has 3 heterocycles. The first-order valence-electron chi connectivity index (χ1n) is 9.25. The van der Waals surface area contributed by atoms with Gasteiger partial charge in [0.05, 0.1) is 12.1 Å². The van der Waals surface area contributed by atoms with Gasteiger partial charge in [0.2, 0.25) is 5.91 Å². The van der Waals surface area contributed by atoms with Gasteiger partial charge in [-0.25, -0.2) is 4.98 Å². The highest BCUT2D eigenvalue weighted by atomic mass is 16.2. The summed E-state index contributed by atoms with van der Waals surface area (Å²) in [5, 5.41) is 8.86. The number of amides is 1. The number of likely N-dealkylation sites (tertiary alicyclic amines) is 2. The molecule has 6 nitrogen and oxygen atoms in total. The van der Waals surface area contributed by atoms with Crippen molar-refractivity contribution in [1.82, 2.24) is 14.8 Å². The highest BCUT2D eigenvalue weighted by molar-refractivity contribution is 5.81. The monoisotopic (exact) mass is 341 g/mol. The number of hydrogen-bond acceptors (Lipinski definition) is 5. The minimum atomic E-state index is 0.180. The number of hydrogen-bond donors (Lipinski definition) is 0. The summed E-state index contributed by atoms with van der Waals surface area (Å²) in [5.41, 5.74) is 0.531. The summed E-state index contributed by atoms with van der Waals surface area (Å²) in [6.45, 7) is 5.64. The number of pyridine rings is 1. The van der Waals surface area contributed by atoms with Gasteiger partial charge in [-0.2, -0.15) is 5.26 Å². The maximum Gasteiger partial charge on any atom is 0.242 e.